The molecule has 1 aliphatic rings. The number of rotatable bonds is 4. The lowest BCUT2D eigenvalue weighted by Gasteiger charge is -2.33. The van der Waals surface area contributed by atoms with Gasteiger partial charge in [-0.05, 0) is 31.4 Å². The number of esters is 1. The van der Waals surface area contributed by atoms with Gasteiger partial charge in [-0.3, -0.25) is 9.59 Å². The van der Waals surface area contributed by atoms with E-state index in [1.54, 1.807) is 6.07 Å². The van der Waals surface area contributed by atoms with Crippen LogP contribution < -0.4 is 5.73 Å². The van der Waals surface area contributed by atoms with Crippen molar-refractivity contribution >= 4 is 41.0 Å². The largest absolute Gasteiger partial charge is 0.452 e. The molecule has 2 rings (SSSR count). The number of hydrogen-bond acceptors (Lipinski definition) is 4. The van der Waals surface area contributed by atoms with Gasteiger partial charge in [0, 0.05) is 6.54 Å². The third-order valence-corrected chi connectivity index (χ3v) is 4.28. The summed E-state index contributed by atoms with van der Waals surface area (Å²) in [7, 11) is 0. The maximum atomic E-state index is 12.2. The maximum absolute atomic E-state index is 12.2. The lowest BCUT2D eigenvalue weighted by Crippen LogP contribution is -2.51. The Hall–Kier alpha value is -1.79. The molecule has 1 heterocycles. The van der Waals surface area contributed by atoms with E-state index in [0.717, 1.165) is 12.8 Å². The van der Waals surface area contributed by atoms with E-state index < -0.39 is 30.4 Å². The van der Waals surface area contributed by atoms with Crippen LogP contribution in [0.25, 0.3) is 0 Å². The van der Waals surface area contributed by atoms with Crippen LogP contribution in [0.3, 0.4) is 0 Å². The van der Waals surface area contributed by atoms with Crippen molar-refractivity contribution in [2.45, 2.75) is 25.3 Å². The highest BCUT2D eigenvalue weighted by molar-refractivity contribution is 6.39. The zero-order valence-corrected chi connectivity index (χ0v) is 13.8. The number of halogens is 2. The summed E-state index contributed by atoms with van der Waals surface area (Å²) in [5.41, 5.74) is 5.31. The van der Waals surface area contributed by atoms with E-state index in [0.29, 0.717) is 13.0 Å². The Balaban J connectivity index is 2.01. The molecule has 124 valence electrons. The minimum absolute atomic E-state index is 0.00808. The van der Waals surface area contributed by atoms with Crippen LogP contribution in [0.5, 0.6) is 0 Å². The Morgan fingerprint density at radius 3 is 2.48 bits per heavy atom. The number of nitrogens with zero attached hydrogens (tertiary/aromatic N) is 1. The number of nitrogens with two attached hydrogens (primary N) is 1. The highest BCUT2D eigenvalue weighted by Gasteiger charge is 2.31. The van der Waals surface area contributed by atoms with Crippen LogP contribution in [0.4, 0.5) is 0 Å². The Morgan fingerprint density at radius 2 is 1.87 bits per heavy atom. The standard InChI is InChI=1S/C15H16Cl2N2O4/c16-9-4-3-5-10(17)13(9)15(22)23-8-12(20)19-7-2-1-6-11(19)14(18)21/h3-5,11H,1-2,6-8H2,(H2,18,21)/t11-/m0/s1. The summed E-state index contributed by atoms with van der Waals surface area (Å²) in [6, 6.07) is 3.94. The summed E-state index contributed by atoms with van der Waals surface area (Å²) in [5.74, 6) is -1.81. The van der Waals surface area contributed by atoms with E-state index in [2.05, 4.69) is 0 Å². The fourth-order valence-corrected chi connectivity index (χ4v) is 3.05. The summed E-state index contributed by atoms with van der Waals surface area (Å²) in [5, 5.41) is 0.283. The number of piperidine rings is 1. The van der Waals surface area contributed by atoms with Gasteiger partial charge in [-0.25, -0.2) is 4.79 Å². The van der Waals surface area contributed by atoms with Gasteiger partial charge in [0.1, 0.15) is 6.04 Å². The number of likely N-dealkylation sites (tertiary alicyclic amines) is 1. The van der Waals surface area contributed by atoms with E-state index >= 15 is 0 Å². The summed E-state index contributed by atoms with van der Waals surface area (Å²) >= 11 is 11.8. The van der Waals surface area contributed by atoms with Crippen molar-refractivity contribution in [3.05, 3.63) is 33.8 Å². The van der Waals surface area contributed by atoms with Gasteiger partial charge in [0.2, 0.25) is 5.91 Å². The molecule has 2 amide bonds. The van der Waals surface area contributed by atoms with E-state index in [-0.39, 0.29) is 15.6 Å². The normalized spacial score (nSPS) is 17.7. The van der Waals surface area contributed by atoms with Crippen LogP contribution in [0.15, 0.2) is 18.2 Å². The third kappa shape index (κ3) is 4.14. The fraction of sp³-hybridized carbons (Fsp3) is 0.400. The monoisotopic (exact) mass is 358 g/mol. The molecular formula is C15H16Cl2N2O4. The van der Waals surface area contributed by atoms with Crippen LogP contribution in [0.2, 0.25) is 10.0 Å². The quantitative estimate of drug-likeness (QED) is 0.833. The molecule has 0 aromatic heterocycles. The number of amides is 2. The summed E-state index contributed by atoms with van der Waals surface area (Å²) < 4.78 is 4.98. The first-order valence-electron chi connectivity index (χ1n) is 7.11. The summed E-state index contributed by atoms with van der Waals surface area (Å²) in [4.78, 5) is 37.0. The SMILES string of the molecule is NC(=O)[C@@H]1CCCCN1C(=O)COC(=O)c1c(Cl)cccc1Cl. The number of ether oxygens (including phenoxy) is 1. The van der Waals surface area contributed by atoms with Gasteiger partial charge in [0.05, 0.1) is 15.6 Å². The lowest BCUT2D eigenvalue weighted by atomic mass is 10.0. The number of hydrogen-bond donors (Lipinski definition) is 1. The minimum Gasteiger partial charge on any atom is -0.452 e. The van der Waals surface area contributed by atoms with Crippen molar-refractivity contribution in [3.8, 4) is 0 Å². The molecule has 0 saturated carbocycles. The van der Waals surface area contributed by atoms with Crippen molar-refractivity contribution < 1.29 is 19.1 Å². The molecule has 0 bridgehead atoms. The first kappa shape index (κ1) is 17.6. The van der Waals surface area contributed by atoms with Gasteiger partial charge in [-0.1, -0.05) is 29.3 Å². The van der Waals surface area contributed by atoms with E-state index in [1.165, 1.54) is 17.0 Å². The zero-order chi connectivity index (χ0) is 17.0. The Labute approximate surface area is 143 Å². The maximum Gasteiger partial charge on any atom is 0.341 e. The second-order valence-corrected chi connectivity index (χ2v) is 5.99. The highest BCUT2D eigenvalue weighted by Crippen LogP contribution is 2.25. The van der Waals surface area contributed by atoms with E-state index in [9.17, 15) is 14.4 Å². The predicted octanol–water partition coefficient (Wildman–Crippen LogP) is 2.02. The van der Waals surface area contributed by atoms with Crippen LogP contribution in [-0.2, 0) is 14.3 Å². The first-order valence-corrected chi connectivity index (χ1v) is 7.87. The average molecular weight is 359 g/mol. The second-order valence-electron chi connectivity index (χ2n) is 5.17. The lowest BCUT2D eigenvalue weighted by molar-refractivity contribution is -0.143. The third-order valence-electron chi connectivity index (χ3n) is 3.65. The topological polar surface area (TPSA) is 89.7 Å². The van der Waals surface area contributed by atoms with E-state index in [4.69, 9.17) is 33.7 Å². The second kappa shape index (κ2) is 7.66. The summed E-state index contributed by atoms with van der Waals surface area (Å²) in [6.45, 7) is -0.0823. The smallest absolute Gasteiger partial charge is 0.341 e. The Morgan fingerprint density at radius 1 is 1.22 bits per heavy atom. The molecule has 6 nitrogen and oxygen atoms in total. The Bertz CT molecular complexity index is 616. The van der Waals surface area contributed by atoms with Gasteiger partial charge in [0.15, 0.2) is 6.61 Å². The predicted molar refractivity (Wildman–Crippen MR) is 85.3 cm³/mol. The zero-order valence-electron chi connectivity index (χ0n) is 12.3. The van der Waals surface area contributed by atoms with Crippen LogP contribution in [0.1, 0.15) is 29.6 Å². The van der Waals surface area contributed by atoms with Crippen molar-refractivity contribution in [3.63, 3.8) is 0 Å². The minimum atomic E-state index is -0.790. The van der Waals surface area contributed by atoms with E-state index in [1.807, 2.05) is 0 Å². The molecule has 1 fully saturated rings. The van der Waals surface area contributed by atoms with Gasteiger partial charge in [0.25, 0.3) is 5.91 Å². The summed E-state index contributed by atoms with van der Waals surface area (Å²) in [6.07, 6.45) is 2.12. The molecule has 0 radical (unpaired) electrons. The van der Waals surface area contributed by atoms with Crippen molar-refractivity contribution in [2.75, 3.05) is 13.2 Å². The molecule has 1 aromatic rings. The molecular weight excluding hydrogens is 343 g/mol. The van der Waals surface area contributed by atoms with Crippen molar-refractivity contribution in [2.24, 2.45) is 5.73 Å². The molecule has 1 atom stereocenters. The first-order chi connectivity index (χ1) is 10.9. The van der Waals surface area contributed by atoms with Gasteiger partial charge >= 0.3 is 5.97 Å². The number of carbonyl (C=O) groups excluding carboxylic acids is 3. The molecule has 1 aromatic carbocycles. The fourth-order valence-electron chi connectivity index (χ4n) is 2.50. The number of benzene rings is 1. The molecule has 0 aliphatic carbocycles. The molecule has 1 saturated heterocycles. The number of primary amides is 1. The van der Waals surface area contributed by atoms with Crippen molar-refractivity contribution in [1.82, 2.24) is 4.90 Å². The highest BCUT2D eigenvalue weighted by atomic mass is 35.5. The van der Waals surface area contributed by atoms with Gasteiger partial charge < -0.3 is 15.4 Å². The van der Waals surface area contributed by atoms with Crippen LogP contribution in [0, 0.1) is 0 Å². The molecule has 0 spiro atoms. The molecule has 1 aliphatic heterocycles. The van der Waals surface area contributed by atoms with Crippen LogP contribution in [-0.4, -0.2) is 41.9 Å². The van der Waals surface area contributed by atoms with Gasteiger partial charge in [-0.2, -0.15) is 0 Å². The molecule has 2 N–H and O–H groups in total. The number of carbonyl (C=O) groups is 3. The Kier molecular flexibility index (Phi) is 5.85. The van der Waals surface area contributed by atoms with Crippen LogP contribution >= 0.6 is 23.2 Å². The molecule has 23 heavy (non-hydrogen) atoms. The molecule has 0 unspecified atom stereocenters. The van der Waals surface area contributed by atoms with Gasteiger partial charge in [-0.15, -0.1) is 0 Å². The molecule has 8 heteroatoms. The van der Waals surface area contributed by atoms with Crippen molar-refractivity contribution in [1.29, 1.82) is 0 Å². The average Bonchev–Trinajstić information content (AvgIpc) is 2.52.